The number of hydrogen-bond donors (Lipinski definition) is 0. The maximum absolute atomic E-state index is 13.0. The molecule has 20 heavy (non-hydrogen) atoms. The number of hydrogen-bond acceptors (Lipinski definition) is 2. The number of alkyl halides is 1. The fourth-order valence-electron chi connectivity index (χ4n) is 2.07. The normalized spacial score (nSPS) is 11.4. The van der Waals surface area contributed by atoms with Gasteiger partial charge in [0.2, 0.25) is 7.37 Å². The Balaban J connectivity index is 2.15. The summed E-state index contributed by atoms with van der Waals surface area (Å²) in [6.07, 6.45) is 0.888. The van der Waals surface area contributed by atoms with E-state index in [1.807, 2.05) is 60.7 Å². The number of rotatable bonds is 7. The van der Waals surface area contributed by atoms with Crippen LogP contribution in [0.15, 0.2) is 60.7 Å². The molecule has 0 radical (unpaired) electrons. The maximum Gasteiger partial charge on any atom is 0.211 e. The molecule has 2 nitrogen and oxygen atoms in total. The molecule has 0 amide bonds. The molecule has 106 valence electrons. The van der Waals surface area contributed by atoms with E-state index < -0.39 is 7.37 Å². The molecule has 0 aliphatic rings. The maximum atomic E-state index is 13.0. The lowest BCUT2D eigenvalue weighted by Crippen LogP contribution is -2.00. The van der Waals surface area contributed by atoms with Crippen molar-refractivity contribution in [2.24, 2.45) is 0 Å². The van der Waals surface area contributed by atoms with Crippen LogP contribution in [-0.4, -0.2) is 12.5 Å². The van der Waals surface area contributed by atoms with Gasteiger partial charge < -0.3 is 4.52 Å². The van der Waals surface area contributed by atoms with Gasteiger partial charge in [-0.3, -0.25) is 4.57 Å². The van der Waals surface area contributed by atoms with E-state index in [9.17, 15) is 4.57 Å². The smallest absolute Gasteiger partial charge is 0.211 e. The zero-order chi connectivity index (χ0) is 14.3. The fourth-order valence-corrected chi connectivity index (χ4v) is 4.51. The summed E-state index contributed by atoms with van der Waals surface area (Å²) in [5, 5.41) is 0. The zero-order valence-electron chi connectivity index (χ0n) is 11.2. The van der Waals surface area contributed by atoms with E-state index in [0.717, 1.165) is 11.1 Å². The molecule has 0 aromatic heterocycles. The third-order valence-electron chi connectivity index (χ3n) is 2.94. The van der Waals surface area contributed by atoms with E-state index in [1.165, 1.54) is 0 Å². The van der Waals surface area contributed by atoms with Crippen LogP contribution in [0.3, 0.4) is 0 Å². The van der Waals surface area contributed by atoms with Crippen molar-refractivity contribution in [1.82, 2.24) is 0 Å². The largest absolute Gasteiger partial charge is 0.327 e. The molecule has 0 fully saturated rings. The Kier molecular flexibility index (Phi) is 5.85. The third kappa shape index (κ3) is 4.79. The van der Waals surface area contributed by atoms with Gasteiger partial charge in [-0.1, -0.05) is 60.7 Å². The van der Waals surface area contributed by atoms with Gasteiger partial charge in [0.15, 0.2) is 0 Å². The van der Waals surface area contributed by atoms with Crippen LogP contribution in [0.4, 0.5) is 0 Å². The number of halogens is 1. The van der Waals surface area contributed by atoms with E-state index in [-0.39, 0.29) is 0 Å². The molecule has 0 atom stereocenters. The van der Waals surface area contributed by atoms with Gasteiger partial charge in [-0.15, -0.1) is 11.6 Å². The third-order valence-corrected chi connectivity index (χ3v) is 5.44. The first-order valence-electron chi connectivity index (χ1n) is 6.58. The Morgan fingerprint density at radius 1 is 0.850 bits per heavy atom. The Morgan fingerprint density at radius 3 is 1.70 bits per heavy atom. The predicted octanol–water partition coefficient (Wildman–Crippen LogP) is 4.92. The Hall–Kier alpha value is -1.08. The highest BCUT2D eigenvalue weighted by Gasteiger charge is 2.24. The first-order chi connectivity index (χ1) is 9.72. The average molecular weight is 309 g/mol. The average Bonchev–Trinajstić information content (AvgIpc) is 2.47. The molecule has 0 N–H and O–H groups in total. The van der Waals surface area contributed by atoms with Crippen LogP contribution < -0.4 is 0 Å². The van der Waals surface area contributed by atoms with Gasteiger partial charge in [0.1, 0.15) is 0 Å². The second-order valence-corrected chi connectivity index (χ2v) is 7.52. The van der Waals surface area contributed by atoms with E-state index in [2.05, 4.69) is 0 Å². The summed E-state index contributed by atoms with van der Waals surface area (Å²) in [4.78, 5) is 0. The van der Waals surface area contributed by atoms with Crippen molar-refractivity contribution < 1.29 is 9.09 Å². The van der Waals surface area contributed by atoms with Crippen LogP contribution in [0.1, 0.15) is 11.1 Å². The quantitative estimate of drug-likeness (QED) is 0.536. The fraction of sp³-hybridized carbons (Fsp3) is 0.250. The zero-order valence-corrected chi connectivity index (χ0v) is 12.9. The second kappa shape index (κ2) is 7.64. The van der Waals surface area contributed by atoms with Crippen molar-refractivity contribution in [3.05, 3.63) is 71.8 Å². The van der Waals surface area contributed by atoms with Crippen LogP contribution >= 0.6 is 19.0 Å². The molecule has 2 aromatic carbocycles. The molecule has 2 aromatic rings. The second-order valence-electron chi connectivity index (χ2n) is 4.62. The van der Waals surface area contributed by atoms with Gasteiger partial charge in [-0.05, 0) is 11.1 Å². The summed E-state index contributed by atoms with van der Waals surface area (Å²) in [6.45, 7) is 0.318. The van der Waals surface area contributed by atoms with E-state index in [1.54, 1.807) is 0 Å². The highest BCUT2D eigenvalue weighted by atomic mass is 35.5. The summed E-state index contributed by atoms with van der Waals surface area (Å²) in [6, 6.07) is 19.6. The first kappa shape index (κ1) is 15.3. The van der Waals surface area contributed by atoms with Crippen LogP contribution in [0.2, 0.25) is 0 Å². The summed E-state index contributed by atoms with van der Waals surface area (Å²) >= 11 is 5.67. The van der Waals surface area contributed by atoms with Crippen molar-refractivity contribution >= 4 is 19.0 Å². The molecule has 0 aliphatic heterocycles. The molecular formula is C16H18ClO2P. The Bertz CT molecular complexity index is 512. The van der Waals surface area contributed by atoms with Crippen molar-refractivity contribution in [2.45, 2.75) is 12.3 Å². The standard InChI is InChI=1S/C16H18ClO2P/c17-11-12-19-20(18,13-15-7-3-1-4-8-15)14-16-9-5-2-6-10-16/h1-10H,11-14H2. The summed E-state index contributed by atoms with van der Waals surface area (Å²) in [7, 11) is -2.76. The van der Waals surface area contributed by atoms with Gasteiger partial charge in [0.25, 0.3) is 0 Å². The van der Waals surface area contributed by atoms with Crippen molar-refractivity contribution in [1.29, 1.82) is 0 Å². The van der Waals surface area contributed by atoms with Gasteiger partial charge in [-0.2, -0.15) is 0 Å². The van der Waals surface area contributed by atoms with Gasteiger partial charge >= 0.3 is 0 Å². The number of benzene rings is 2. The molecule has 4 heteroatoms. The Labute approximate surface area is 125 Å². The van der Waals surface area contributed by atoms with Crippen LogP contribution in [0, 0.1) is 0 Å². The van der Waals surface area contributed by atoms with E-state index in [4.69, 9.17) is 16.1 Å². The topological polar surface area (TPSA) is 26.3 Å². The molecule has 0 bridgehead atoms. The first-order valence-corrected chi connectivity index (χ1v) is 9.11. The highest BCUT2D eigenvalue weighted by Crippen LogP contribution is 2.53. The minimum absolute atomic E-state index is 0.318. The minimum atomic E-state index is -2.76. The van der Waals surface area contributed by atoms with Crippen LogP contribution in [-0.2, 0) is 21.4 Å². The molecule has 0 saturated carbocycles. The Morgan fingerprint density at radius 2 is 1.30 bits per heavy atom. The summed E-state index contributed by atoms with van der Waals surface area (Å²) in [5.41, 5.74) is 2.06. The molecule has 0 aliphatic carbocycles. The van der Waals surface area contributed by atoms with E-state index >= 15 is 0 Å². The predicted molar refractivity (Wildman–Crippen MR) is 84.6 cm³/mol. The summed E-state index contributed by atoms with van der Waals surface area (Å²) < 4.78 is 18.6. The lowest BCUT2D eigenvalue weighted by molar-refractivity contribution is 0.333. The van der Waals surface area contributed by atoms with Crippen molar-refractivity contribution in [3.8, 4) is 0 Å². The van der Waals surface area contributed by atoms with Gasteiger partial charge in [0, 0.05) is 5.88 Å². The lowest BCUT2D eigenvalue weighted by Gasteiger charge is -2.18. The molecule has 2 rings (SSSR count). The lowest BCUT2D eigenvalue weighted by atomic mass is 10.2. The molecule has 0 heterocycles. The van der Waals surface area contributed by atoms with Gasteiger partial charge in [-0.25, -0.2) is 0 Å². The highest BCUT2D eigenvalue weighted by molar-refractivity contribution is 7.57. The van der Waals surface area contributed by atoms with Crippen molar-refractivity contribution in [3.63, 3.8) is 0 Å². The van der Waals surface area contributed by atoms with E-state index in [0.29, 0.717) is 24.8 Å². The minimum Gasteiger partial charge on any atom is -0.327 e. The molecular weight excluding hydrogens is 291 g/mol. The van der Waals surface area contributed by atoms with Gasteiger partial charge in [0.05, 0.1) is 18.9 Å². The van der Waals surface area contributed by atoms with Crippen LogP contribution in [0.25, 0.3) is 0 Å². The summed E-state index contributed by atoms with van der Waals surface area (Å²) in [5.74, 6) is 0.355. The molecule has 0 saturated heterocycles. The van der Waals surface area contributed by atoms with Crippen LogP contribution in [0.5, 0.6) is 0 Å². The SMILES string of the molecule is O=P(Cc1ccccc1)(Cc1ccccc1)OCCCl. The van der Waals surface area contributed by atoms with Crippen molar-refractivity contribution in [2.75, 3.05) is 12.5 Å². The monoisotopic (exact) mass is 308 g/mol. The molecule has 0 spiro atoms. The molecule has 0 unspecified atom stereocenters.